The van der Waals surface area contributed by atoms with Crippen LogP contribution in [0.2, 0.25) is 0 Å². The van der Waals surface area contributed by atoms with Crippen molar-refractivity contribution < 1.29 is 5.11 Å². The maximum Gasteiger partial charge on any atom is 0.147 e. The minimum atomic E-state index is -0.404. The summed E-state index contributed by atoms with van der Waals surface area (Å²) in [6.45, 7) is 2.64. The zero-order valence-corrected chi connectivity index (χ0v) is 12.0. The summed E-state index contributed by atoms with van der Waals surface area (Å²) in [6, 6.07) is 8.49. The lowest BCUT2D eigenvalue weighted by Crippen LogP contribution is -2.44. The van der Waals surface area contributed by atoms with E-state index in [0.29, 0.717) is 0 Å². The Balaban J connectivity index is 1.61. The molecule has 110 valence electrons. The van der Waals surface area contributed by atoms with E-state index < -0.39 is 6.10 Å². The monoisotopic (exact) mass is 284 g/mol. The molecule has 0 amide bonds. The first-order valence-corrected chi connectivity index (χ1v) is 7.69. The smallest absolute Gasteiger partial charge is 0.147 e. The number of aryl methyl sites for hydroxylation is 1. The molecule has 2 heterocycles. The molecule has 5 heteroatoms. The standard InChI is InChI=1S/C16H20N4O/c21-16-13-6-2-1-4-12(13)5-3-7-14(16)19-8-9-20-11-17-18-15(20)10-19/h1-2,4,6,11,14,16,21H,3,5,7-10H2. The molecule has 21 heavy (non-hydrogen) atoms. The highest BCUT2D eigenvalue weighted by molar-refractivity contribution is 5.31. The van der Waals surface area contributed by atoms with Gasteiger partial charge in [0.25, 0.3) is 0 Å². The number of rotatable bonds is 1. The molecule has 1 aromatic heterocycles. The lowest BCUT2D eigenvalue weighted by molar-refractivity contribution is 0.0287. The van der Waals surface area contributed by atoms with Gasteiger partial charge in [-0.2, -0.15) is 0 Å². The largest absolute Gasteiger partial charge is 0.387 e. The number of hydrogen-bond acceptors (Lipinski definition) is 4. The fourth-order valence-corrected chi connectivity index (χ4v) is 3.67. The van der Waals surface area contributed by atoms with Gasteiger partial charge >= 0.3 is 0 Å². The first-order chi connectivity index (χ1) is 10.3. The van der Waals surface area contributed by atoms with Crippen LogP contribution in [0.3, 0.4) is 0 Å². The number of benzene rings is 1. The zero-order valence-electron chi connectivity index (χ0n) is 12.0. The Labute approximate surface area is 124 Å². The van der Waals surface area contributed by atoms with Crippen molar-refractivity contribution in [2.45, 2.75) is 44.5 Å². The molecule has 0 fully saturated rings. The fraction of sp³-hybridized carbons (Fsp3) is 0.500. The van der Waals surface area contributed by atoms with Crippen molar-refractivity contribution in [2.24, 2.45) is 0 Å². The van der Waals surface area contributed by atoms with Crippen molar-refractivity contribution in [3.63, 3.8) is 0 Å². The summed E-state index contributed by atoms with van der Waals surface area (Å²) < 4.78 is 2.10. The Bertz CT molecular complexity index is 639. The normalized spacial score (nSPS) is 26.0. The van der Waals surface area contributed by atoms with Gasteiger partial charge in [0.05, 0.1) is 12.6 Å². The maximum absolute atomic E-state index is 10.9. The van der Waals surface area contributed by atoms with E-state index in [-0.39, 0.29) is 6.04 Å². The van der Waals surface area contributed by atoms with Crippen LogP contribution in [0.4, 0.5) is 0 Å². The van der Waals surface area contributed by atoms with E-state index in [0.717, 1.165) is 50.3 Å². The molecule has 5 nitrogen and oxygen atoms in total. The maximum atomic E-state index is 10.9. The van der Waals surface area contributed by atoms with Gasteiger partial charge in [0, 0.05) is 19.1 Å². The predicted molar refractivity (Wildman–Crippen MR) is 78.6 cm³/mol. The van der Waals surface area contributed by atoms with Gasteiger partial charge in [-0.3, -0.25) is 4.90 Å². The van der Waals surface area contributed by atoms with E-state index in [4.69, 9.17) is 0 Å². The number of aliphatic hydroxyl groups excluding tert-OH is 1. The van der Waals surface area contributed by atoms with Crippen molar-refractivity contribution in [1.29, 1.82) is 0 Å². The van der Waals surface area contributed by atoms with Crippen LogP contribution in [0, 0.1) is 0 Å². The molecule has 0 radical (unpaired) electrons. The average Bonchev–Trinajstić information content (AvgIpc) is 2.92. The molecule has 1 aromatic carbocycles. The quantitative estimate of drug-likeness (QED) is 0.807. The number of aromatic nitrogens is 3. The van der Waals surface area contributed by atoms with E-state index >= 15 is 0 Å². The topological polar surface area (TPSA) is 54.2 Å². The van der Waals surface area contributed by atoms with Gasteiger partial charge in [-0.05, 0) is 30.4 Å². The average molecular weight is 284 g/mol. The number of aliphatic hydroxyl groups is 1. The van der Waals surface area contributed by atoms with E-state index in [2.05, 4.69) is 37.9 Å². The molecule has 1 aliphatic heterocycles. The molecular weight excluding hydrogens is 264 g/mol. The third kappa shape index (κ3) is 2.26. The number of nitrogens with zero attached hydrogens (tertiary/aromatic N) is 4. The van der Waals surface area contributed by atoms with Crippen molar-refractivity contribution in [3.05, 3.63) is 47.5 Å². The molecular formula is C16H20N4O. The van der Waals surface area contributed by atoms with E-state index in [9.17, 15) is 5.11 Å². The predicted octanol–water partition coefficient (Wildman–Crippen LogP) is 1.53. The molecule has 0 saturated carbocycles. The summed E-state index contributed by atoms with van der Waals surface area (Å²) in [5.41, 5.74) is 2.40. The highest BCUT2D eigenvalue weighted by atomic mass is 16.3. The van der Waals surface area contributed by atoms with Crippen LogP contribution >= 0.6 is 0 Å². The zero-order chi connectivity index (χ0) is 14.2. The van der Waals surface area contributed by atoms with Crippen molar-refractivity contribution >= 4 is 0 Å². The molecule has 2 unspecified atom stereocenters. The van der Waals surface area contributed by atoms with Crippen LogP contribution in [0.5, 0.6) is 0 Å². The van der Waals surface area contributed by atoms with E-state index in [1.165, 1.54) is 5.56 Å². The van der Waals surface area contributed by atoms with Gasteiger partial charge in [-0.15, -0.1) is 10.2 Å². The Morgan fingerprint density at radius 3 is 3.05 bits per heavy atom. The molecule has 2 atom stereocenters. The Morgan fingerprint density at radius 1 is 1.19 bits per heavy atom. The van der Waals surface area contributed by atoms with Crippen molar-refractivity contribution in [1.82, 2.24) is 19.7 Å². The lowest BCUT2D eigenvalue weighted by atomic mass is 9.97. The van der Waals surface area contributed by atoms with Crippen LogP contribution in [0.25, 0.3) is 0 Å². The Kier molecular flexibility index (Phi) is 3.24. The van der Waals surface area contributed by atoms with Crippen molar-refractivity contribution in [3.8, 4) is 0 Å². The molecule has 0 spiro atoms. The number of hydrogen-bond donors (Lipinski definition) is 1. The highest BCUT2D eigenvalue weighted by Gasteiger charge is 2.32. The second-order valence-electron chi connectivity index (χ2n) is 6.01. The van der Waals surface area contributed by atoms with E-state index in [1.54, 1.807) is 6.33 Å². The van der Waals surface area contributed by atoms with Gasteiger partial charge in [-0.1, -0.05) is 24.3 Å². The van der Waals surface area contributed by atoms with Crippen LogP contribution < -0.4 is 0 Å². The van der Waals surface area contributed by atoms with Gasteiger partial charge in [0.2, 0.25) is 0 Å². The Morgan fingerprint density at radius 2 is 2.10 bits per heavy atom. The number of fused-ring (bicyclic) bond motifs is 2. The second kappa shape index (κ2) is 5.24. The highest BCUT2D eigenvalue weighted by Crippen LogP contribution is 2.33. The molecule has 4 rings (SSSR count). The first-order valence-electron chi connectivity index (χ1n) is 7.69. The first kappa shape index (κ1) is 13.0. The molecule has 1 N–H and O–H groups in total. The summed E-state index contributed by atoms with van der Waals surface area (Å²) in [4.78, 5) is 2.37. The SMILES string of the molecule is OC1c2ccccc2CCCC1N1CCn2cnnc2C1. The minimum Gasteiger partial charge on any atom is -0.387 e. The molecule has 1 aliphatic carbocycles. The van der Waals surface area contributed by atoms with Gasteiger partial charge in [0.1, 0.15) is 12.2 Å². The van der Waals surface area contributed by atoms with Gasteiger partial charge < -0.3 is 9.67 Å². The van der Waals surface area contributed by atoms with Crippen LogP contribution in [0.1, 0.15) is 35.9 Å². The van der Waals surface area contributed by atoms with Crippen molar-refractivity contribution in [2.75, 3.05) is 6.54 Å². The summed E-state index contributed by atoms with van der Waals surface area (Å²) in [7, 11) is 0. The third-order valence-corrected chi connectivity index (χ3v) is 4.82. The van der Waals surface area contributed by atoms with Gasteiger partial charge in [-0.25, -0.2) is 0 Å². The Hall–Kier alpha value is -1.72. The van der Waals surface area contributed by atoms with E-state index in [1.807, 2.05) is 6.07 Å². The molecule has 2 aromatic rings. The third-order valence-electron chi connectivity index (χ3n) is 4.82. The van der Waals surface area contributed by atoms with Crippen LogP contribution in [0.15, 0.2) is 30.6 Å². The summed E-state index contributed by atoms with van der Waals surface area (Å²) >= 11 is 0. The van der Waals surface area contributed by atoms with Crippen LogP contribution in [-0.4, -0.2) is 37.4 Å². The summed E-state index contributed by atoms with van der Waals surface area (Å²) in [5, 5.41) is 19.0. The van der Waals surface area contributed by atoms with Gasteiger partial charge in [0.15, 0.2) is 0 Å². The van der Waals surface area contributed by atoms with Crippen LogP contribution in [-0.2, 0) is 19.5 Å². The molecule has 0 bridgehead atoms. The summed E-state index contributed by atoms with van der Waals surface area (Å²) in [5.74, 6) is 1.01. The summed E-state index contributed by atoms with van der Waals surface area (Å²) in [6.07, 6.45) is 4.61. The lowest BCUT2D eigenvalue weighted by Gasteiger charge is -2.36. The fourth-order valence-electron chi connectivity index (χ4n) is 3.67. The minimum absolute atomic E-state index is 0.180. The molecule has 0 saturated heterocycles. The molecule has 2 aliphatic rings. The second-order valence-corrected chi connectivity index (χ2v) is 6.01.